The Morgan fingerprint density at radius 3 is 2.76 bits per heavy atom. The van der Waals surface area contributed by atoms with Crippen molar-refractivity contribution in [2.45, 2.75) is 38.1 Å². The standard InChI is InChI=1S/C17H25IN2O/c1-13-7-6-10-17(11-13,20(2)3)12-19-16(21)14-8-4-5-9-15(14)18/h4-5,8-9,13H,6-7,10-12H2,1-3H3,(H,19,21). The first-order valence-electron chi connectivity index (χ1n) is 7.65. The monoisotopic (exact) mass is 400 g/mol. The molecule has 1 amide bonds. The molecule has 0 bridgehead atoms. The Kier molecular flexibility index (Phi) is 5.66. The molecule has 1 N–H and O–H groups in total. The zero-order valence-electron chi connectivity index (χ0n) is 13.2. The maximum atomic E-state index is 12.4. The van der Waals surface area contributed by atoms with Crippen LogP contribution in [0.3, 0.4) is 0 Å². The van der Waals surface area contributed by atoms with Crippen molar-refractivity contribution >= 4 is 28.5 Å². The number of carbonyl (C=O) groups excluding carboxylic acids is 1. The Labute approximate surface area is 141 Å². The van der Waals surface area contributed by atoms with Crippen molar-refractivity contribution < 1.29 is 4.79 Å². The summed E-state index contributed by atoms with van der Waals surface area (Å²) in [6.07, 6.45) is 4.88. The molecule has 21 heavy (non-hydrogen) atoms. The third-order valence-corrected chi connectivity index (χ3v) is 5.65. The van der Waals surface area contributed by atoms with Gasteiger partial charge in [0, 0.05) is 15.7 Å². The summed E-state index contributed by atoms with van der Waals surface area (Å²) >= 11 is 2.22. The van der Waals surface area contributed by atoms with E-state index in [0.29, 0.717) is 0 Å². The van der Waals surface area contributed by atoms with E-state index in [0.717, 1.165) is 34.4 Å². The summed E-state index contributed by atoms with van der Waals surface area (Å²) in [5, 5.41) is 3.17. The number of hydrogen-bond donors (Lipinski definition) is 1. The molecule has 1 fully saturated rings. The minimum Gasteiger partial charge on any atom is -0.350 e. The summed E-state index contributed by atoms with van der Waals surface area (Å²) in [4.78, 5) is 14.7. The number of amides is 1. The number of nitrogens with zero attached hydrogens (tertiary/aromatic N) is 1. The second-order valence-corrected chi connectivity index (χ2v) is 7.65. The van der Waals surface area contributed by atoms with Gasteiger partial charge in [0.2, 0.25) is 0 Å². The van der Waals surface area contributed by atoms with E-state index in [-0.39, 0.29) is 11.4 Å². The number of benzene rings is 1. The second kappa shape index (κ2) is 7.09. The van der Waals surface area contributed by atoms with Gasteiger partial charge in [-0.25, -0.2) is 0 Å². The van der Waals surface area contributed by atoms with E-state index in [9.17, 15) is 4.79 Å². The van der Waals surface area contributed by atoms with E-state index in [1.807, 2.05) is 24.3 Å². The van der Waals surface area contributed by atoms with Crippen molar-refractivity contribution in [3.05, 3.63) is 33.4 Å². The number of carbonyl (C=O) groups is 1. The van der Waals surface area contributed by atoms with Crippen LogP contribution in [0.1, 0.15) is 43.0 Å². The highest BCUT2D eigenvalue weighted by Gasteiger charge is 2.37. The summed E-state index contributed by atoms with van der Waals surface area (Å²) in [7, 11) is 4.27. The van der Waals surface area contributed by atoms with Crippen LogP contribution in [0, 0.1) is 9.49 Å². The van der Waals surface area contributed by atoms with E-state index in [2.05, 4.69) is 53.8 Å². The number of rotatable bonds is 4. The van der Waals surface area contributed by atoms with Crippen molar-refractivity contribution in [1.82, 2.24) is 10.2 Å². The van der Waals surface area contributed by atoms with Crippen LogP contribution >= 0.6 is 22.6 Å². The third-order valence-electron chi connectivity index (χ3n) is 4.71. The largest absolute Gasteiger partial charge is 0.350 e. The average molecular weight is 400 g/mol. The Morgan fingerprint density at radius 1 is 1.43 bits per heavy atom. The van der Waals surface area contributed by atoms with Gasteiger partial charge < -0.3 is 10.2 Å². The van der Waals surface area contributed by atoms with Crippen LogP contribution in [0.4, 0.5) is 0 Å². The molecule has 0 spiro atoms. The molecule has 116 valence electrons. The van der Waals surface area contributed by atoms with Crippen molar-refractivity contribution in [1.29, 1.82) is 0 Å². The van der Waals surface area contributed by atoms with Crippen LogP contribution in [0.5, 0.6) is 0 Å². The van der Waals surface area contributed by atoms with Gasteiger partial charge in [-0.05, 0) is 67.6 Å². The summed E-state index contributed by atoms with van der Waals surface area (Å²) in [6.45, 7) is 3.05. The summed E-state index contributed by atoms with van der Waals surface area (Å²) in [6, 6.07) is 7.74. The van der Waals surface area contributed by atoms with Crippen LogP contribution in [0.15, 0.2) is 24.3 Å². The Hall–Kier alpha value is -0.620. The molecule has 1 aromatic rings. The number of likely N-dealkylation sites (N-methyl/N-ethyl adjacent to an activating group) is 1. The van der Waals surface area contributed by atoms with E-state index < -0.39 is 0 Å². The number of hydrogen-bond acceptors (Lipinski definition) is 2. The first-order chi connectivity index (χ1) is 9.94. The quantitative estimate of drug-likeness (QED) is 0.785. The SMILES string of the molecule is CC1CCCC(CNC(=O)c2ccccc2I)(N(C)C)C1. The van der Waals surface area contributed by atoms with Gasteiger partial charge in [-0.15, -0.1) is 0 Å². The molecule has 1 aromatic carbocycles. The molecule has 3 nitrogen and oxygen atoms in total. The first kappa shape index (κ1) is 16.7. The van der Waals surface area contributed by atoms with Gasteiger partial charge in [0.15, 0.2) is 0 Å². The fourth-order valence-corrected chi connectivity index (χ4v) is 3.97. The van der Waals surface area contributed by atoms with E-state index >= 15 is 0 Å². The topological polar surface area (TPSA) is 32.3 Å². The Balaban J connectivity index is 2.06. The first-order valence-corrected chi connectivity index (χ1v) is 8.73. The molecule has 0 heterocycles. The predicted octanol–water partition coefficient (Wildman–Crippen LogP) is 3.53. The predicted molar refractivity (Wildman–Crippen MR) is 95.5 cm³/mol. The summed E-state index contributed by atoms with van der Waals surface area (Å²) in [5.41, 5.74) is 0.879. The molecule has 2 unspecified atom stereocenters. The average Bonchev–Trinajstić information content (AvgIpc) is 2.45. The molecule has 2 atom stereocenters. The van der Waals surface area contributed by atoms with Gasteiger partial charge >= 0.3 is 0 Å². The zero-order valence-corrected chi connectivity index (χ0v) is 15.3. The second-order valence-electron chi connectivity index (χ2n) is 6.48. The van der Waals surface area contributed by atoms with Gasteiger partial charge in [0.25, 0.3) is 5.91 Å². The highest BCUT2D eigenvalue weighted by atomic mass is 127. The van der Waals surface area contributed by atoms with Crippen LogP contribution in [-0.4, -0.2) is 37.0 Å². The minimum atomic E-state index is 0.0412. The zero-order chi connectivity index (χ0) is 15.5. The van der Waals surface area contributed by atoms with E-state index in [1.54, 1.807) is 0 Å². The minimum absolute atomic E-state index is 0.0412. The van der Waals surface area contributed by atoms with E-state index in [4.69, 9.17) is 0 Å². The molecule has 0 aromatic heterocycles. The molecule has 2 rings (SSSR count). The molecule has 1 aliphatic carbocycles. The molecular weight excluding hydrogens is 375 g/mol. The summed E-state index contributed by atoms with van der Waals surface area (Å²) in [5.74, 6) is 0.773. The lowest BCUT2D eigenvalue weighted by atomic mass is 9.75. The van der Waals surface area contributed by atoms with Crippen LogP contribution in [-0.2, 0) is 0 Å². The fourth-order valence-electron chi connectivity index (χ4n) is 3.34. The molecule has 1 saturated carbocycles. The lowest BCUT2D eigenvalue weighted by molar-refractivity contribution is 0.0674. The summed E-state index contributed by atoms with van der Waals surface area (Å²) < 4.78 is 1.00. The van der Waals surface area contributed by atoms with Crippen molar-refractivity contribution in [3.63, 3.8) is 0 Å². The van der Waals surface area contributed by atoms with Gasteiger partial charge in [0.05, 0.1) is 5.56 Å². The Bertz CT molecular complexity index is 503. The molecule has 0 radical (unpaired) electrons. The van der Waals surface area contributed by atoms with Gasteiger partial charge in [-0.1, -0.05) is 31.9 Å². The van der Waals surface area contributed by atoms with Crippen LogP contribution in [0.25, 0.3) is 0 Å². The smallest absolute Gasteiger partial charge is 0.252 e. The van der Waals surface area contributed by atoms with Gasteiger partial charge in [-0.3, -0.25) is 4.79 Å². The Morgan fingerprint density at radius 2 is 2.14 bits per heavy atom. The van der Waals surface area contributed by atoms with Crippen LogP contribution in [0.2, 0.25) is 0 Å². The maximum absolute atomic E-state index is 12.4. The molecule has 0 aliphatic heterocycles. The molecular formula is C17H25IN2O. The third kappa shape index (κ3) is 3.97. The van der Waals surface area contributed by atoms with Crippen molar-refractivity contribution in [3.8, 4) is 0 Å². The normalized spacial score (nSPS) is 25.9. The lowest BCUT2D eigenvalue weighted by Gasteiger charge is -2.45. The van der Waals surface area contributed by atoms with Crippen molar-refractivity contribution in [2.24, 2.45) is 5.92 Å². The highest BCUT2D eigenvalue weighted by molar-refractivity contribution is 14.1. The number of nitrogens with one attached hydrogen (secondary N) is 1. The highest BCUT2D eigenvalue weighted by Crippen LogP contribution is 2.35. The number of halogens is 1. The van der Waals surface area contributed by atoms with Crippen LogP contribution < -0.4 is 5.32 Å². The molecule has 1 aliphatic rings. The maximum Gasteiger partial charge on any atom is 0.252 e. The lowest BCUT2D eigenvalue weighted by Crippen LogP contribution is -2.55. The van der Waals surface area contributed by atoms with E-state index in [1.165, 1.54) is 12.8 Å². The molecule has 0 saturated heterocycles. The van der Waals surface area contributed by atoms with Gasteiger partial charge in [-0.2, -0.15) is 0 Å². The van der Waals surface area contributed by atoms with Gasteiger partial charge in [0.1, 0.15) is 0 Å². The van der Waals surface area contributed by atoms with Crippen molar-refractivity contribution in [2.75, 3.05) is 20.6 Å². The fraction of sp³-hybridized carbons (Fsp3) is 0.588. The molecule has 4 heteroatoms.